The number of rotatable bonds is 4. The fourth-order valence-corrected chi connectivity index (χ4v) is 5.70. The highest BCUT2D eigenvalue weighted by Crippen LogP contribution is 2.29. The Morgan fingerprint density at radius 2 is 1.96 bits per heavy atom. The molecule has 25 heavy (non-hydrogen) atoms. The fraction of sp³-hybridized carbons (Fsp3) is 0.278. The molecule has 1 aliphatic heterocycles. The second-order valence-electron chi connectivity index (χ2n) is 6.05. The molecule has 4 nitrogen and oxygen atoms in total. The summed E-state index contributed by atoms with van der Waals surface area (Å²) < 4.78 is 24.1. The zero-order valence-corrected chi connectivity index (χ0v) is 16.9. The molecule has 0 spiro atoms. The minimum absolute atomic E-state index is 0.0653. The third kappa shape index (κ3) is 4.59. The van der Waals surface area contributed by atoms with E-state index in [2.05, 4.69) is 15.9 Å². The van der Waals surface area contributed by atoms with Crippen LogP contribution in [0.5, 0.6) is 0 Å². The quantitative estimate of drug-likeness (QED) is 0.679. The van der Waals surface area contributed by atoms with Crippen molar-refractivity contribution in [1.82, 2.24) is 4.90 Å². The summed E-state index contributed by atoms with van der Waals surface area (Å²) in [6.07, 6.45) is 3.82. The van der Waals surface area contributed by atoms with E-state index < -0.39 is 9.84 Å². The first-order chi connectivity index (χ1) is 11.8. The molecule has 0 bridgehead atoms. The monoisotopic (exact) mass is 439 g/mol. The molecule has 1 saturated heterocycles. The van der Waals surface area contributed by atoms with Gasteiger partial charge in [-0.05, 0) is 42.3 Å². The third-order valence-corrected chi connectivity index (χ3v) is 7.63. The van der Waals surface area contributed by atoms with Crippen molar-refractivity contribution in [2.45, 2.75) is 12.5 Å². The van der Waals surface area contributed by atoms with Crippen molar-refractivity contribution in [1.29, 1.82) is 0 Å². The van der Waals surface area contributed by atoms with Crippen LogP contribution in [0, 0.1) is 0 Å². The molecule has 2 heterocycles. The highest BCUT2D eigenvalue weighted by molar-refractivity contribution is 9.10. The molecular formula is C18H18BrNO3S2. The summed E-state index contributed by atoms with van der Waals surface area (Å²) in [5, 5.41) is 0. The molecule has 0 N–H and O–H groups in total. The van der Waals surface area contributed by atoms with Gasteiger partial charge in [0.25, 0.3) is 0 Å². The second-order valence-corrected chi connectivity index (χ2v) is 10.3. The van der Waals surface area contributed by atoms with E-state index in [1.807, 2.05) is 36.4 Å². The number of halogens is 1. The van der Waals surface area contributed by atoms with Crippen LogP contribution >= 0.6 is 27.3 Å². The summed E-state index contributed by atoms with van der Waals surface area (Å²) in [6.45, 7) is 0. The van der Waals surface area contributed by atoms with Gasteiger partial charge in [-0.1, -0.05) is 28.1 Å². The Morgan fingerprint density at radius 3 is 2.60 bits per heavy atom. The molecule has 1 amide bonds. The van der Waals surface area contributed by atoms with Gasteiger partial charge in [0.2, 0.25) is 5.91 Å². The summed E-state index contributed by atoms with van der Waals surface area (Å²) in [7, 11) is -1.32. The van der Waals surface area contributed by atoms with Crippen LogP contribution in [0.2, 0.25) is 0 Å². The lowest BCUT2D eigenvalue weighted by atomic mass is 10.2. The van der Waals surface area contributed by atoms with Crippen molar-refractivity contribution in [2.24, 2.45) is 0 Å². The van der Waals surface area contributed by atoms with E-state index in [9.17, 15) is 13.2 Å². The third-order valence-electron chi connectivity index (χ3n) is 4.25. The van der Waals surface area contributed by atoms with Gasteiger partial charge in [-0.2, -0.15) is 0 Å². The highest BCUT2D eigenvalue weighted by atomic mass is 79.9. The number of hydrogen-bond donors (Lipinski definition) is 0. The molecule has 0 aliphatic carbocycles. The van der Waals surface area contributed by atoms with Crippen molar-refractivity contribution >= 4 is 49.1 Å². The molecule has 132 valence electrons. The number of hydrogen-bond acceptors (Lipinski definition) is 4. The van der Waals surface area contributed by atoms with Gasteiger partial charge < -0.3 is 4.90 Å². The maximum atomic E-state index is 12.3. The van der Waals surface area contributed by atoms with Crippen LogP contribution < -0.4 is 0 Å². The predicted molar refractivity (Wildman–Crippen MR) is 106 cm³/mol. The molecule has 1 aliphatic rings. The number of benzene rings is 1. The van der Waals surface area contributed by atoms with Crippen molar-refractivity contribution in [2.75, 3.05) is 18.6 Å². The smallest absolute Gasteiger partial charge is 0.246 e. The summed E-state index contributed by atoms with van der Waals surface area (Å²) in [4.78, 5) is 15.9. The van der Waals surface area contributed by atoms with Crippen LogP contribution in [0.25, 0.3) is 16.5 Å². The van der Waals surface area contributed by atoms with Gasteiger partial charge in [-0.15, -0.1) is 11.3 Å². The van der Waals surface area contributed by atoms with Gasteiger partial charge in [-0.3, -0.25) is 4.79 Å². The van der Waals surface area contributed by atoms with E-state index in [1.165, 1.54) is 11.0 Å². The second kappa shape index (κ2) is 7.43. The van der Waals surface area contributed by atoms with E-state index in [1.54, 1.807) is 24.5 Å². The molecule has 7 heteroatoms. The number of thiophene rings is 1. The number of carbonyl (C=O) groups is 1. The van der Waals surface area contributed by atoms with Crippen molar-refractivity contribution in [3.63, 3.8) is 0 Å². The number of sulfone groups is 1. The van der Waals surface area contributed by atoms with Gasteiger partial charge in [0.05, 0.1) is 11.5 Å². The lowest BCUT2D eigenvalue weighted by Gasteiger charge is -2.21. The van der Waals surface area contributed by atoms with E-state index in [0.29, 0.717) is 6.42 Å². The molecular weight excluding hydrogens is 422 g/mol. The molecule has 1 atom stereocenters. The van der Waals surface area contributed by atoms with Crippen molar-refractivity contribution < 1.29 is 13.2 Å². The zero-order chi connectivity index (χ0) is 18.0. The first-order valence-electron chi connectivity index (χ1n) is 7.85. The van der Waals surface area contributed by atoms with E-state index in [0.717, 1.165) is 19.8 Å². The maximum Gasteiger partial charge on any atom is 0.246 e. The van der Waals surface area contributed by atoms with Gasteiger partial charge in [0.15, 0.2) is 9.84 Å². The zero-order valence-electron chi connectivity index (χ0n) is 13.7. The standard InChI is InChI=1S/C18H18BrNO3S2/c1-20(15-10-11-25(22,23)12-15)18(21)9-7-16-6-8-17(24-16)13-2-4-14(19)5-3-13/h2-9,15H,10-12H2,1H3/b9-7+. The molecule has 2 aromatic rings. The lowest BCUT2D eigenvalue weighted by Crippen LogP contribution is -2.36. The van der Waals surface area contributed by atoms with Crippen molar-refractivity contribution in [3.8, 4) is 10.4 Å². The molecule has 1 aromatic heterocycles. The number of amides is 1. The Bertz CT molecular complexity index is 901. The first-order valence-corrected chi connectivity index (χ1v) is 11.3. The Hall–Kier alpha value is -1.44. The number of likely N-dealkylation sites (N-methyl/N-ethyl adjacent to an activating group) is 1. The minimum Gasteiger partial charge on any atom is -0.338 e. The van der Waals surface area contributed by atoms with Crippen LogP contribution in [-0.4, -0.2) is 43.8 Å². The predicted octanol–water partition coefficient (Wildman–Crippen LogP) is 3.84. The van der Waals surface area contributed by atoms with Crippen LogP contribution in [0.4, 0.5) is 0 Å². The summed E-state index contributed by atoms with van der Waals surface area (Å²) in [5.41, 5.74) is 1.13. The topological polar surface area (TPSA) is 54.5 Å². The average molecular weight is 440 g/mol. The fourth-order valence-electron chi connectivity index (χ4n) is 2.74. The van der Waals surface area contributed by atoms with Crippen LogP contribution in [-0.2, 0) is 14.6 Å². The van der Waals surface area contributed by atoms with E-state index in [4.69, 9.17) is 0 Å². The lowest BCUT2D eigenvalue weighted by molar-refractivity contribution is -0.126. The number of carbonyl (C=O) groups excluding carboxylic acids is 1. The Kier molecular flexibility index (Phi) is 5.46. The normalized spacial score (nSPS) is 19.4. The van der Waals surface area contributed by atoms with Crippen molar-refractivity contribution in [3.05, 3.63) is 51.8 Å². The Morgan fingerprint density at radius 1 is 1.24 bits per heavy atom. The molecule has 1 fully saturated rings. The van der Waals surface area contributed by atoms with Gasteiger partial charge in [-0.25, -0.2) is 8.42 Å². The van der Waals surface area contributed by atoms with E-state index in [-0.39, 0.29) is 23.5 Å². The maximum absolute atomic E-state index is 12.3. The van der Waals surface area contributed by atoms with Crippen LogP contribution in [0.1, 0.15) is 11.3 Å². The Labute approximate surface area is 160 Å². The van der Waals surface area contributed by atoms with Gasteiger partial charge >= 0.3 is 0 Å². The largest absolute Gasteiger partial charge is 0.338 e. The van der Waals surface area contributed by atoms with Crippen LogP contribution in [0.15, 0.2) is 46.9 Å². The Balaban J connectivity index is 1.66. The van der Waals surface area contributed by atoms with E-state index >= 15 is 0 Å². The molecule has 1 aromatic carbocycles. The first kappa shape index (κ1) is 18.4. The number of nitrogens with zero attached hydrogens (tertiary/aromatic N) is 1. The summed E-state index contributed by atoms with van der Waals surface area (Å²) in [6, 6.07) is 11.9. The highest BCUT2D eigenvalue weighted by Gasteiger charge is 2.32. The van der Waals surface area contributed by atoms with Crippen LogP contribution in [0.3, 0.4) is 0 Å². The molecule has 1 unspecified atom stereocenters. The van der Waals surface area contributed by atoms with Gasteiger partial charge in [0, 0.05) is 33.4 Å². The average Bonchev–Trinajstić information content (AvgIpc) is 3.19. The minimum atomic E-state index is -2.99. The molecule has 0 saturated carbocycles. The molecule has 3 rings (SSSR count). The SMILES string of the molecule is CN(C(=O)/C=C/c1ccc(-c2ccc(Br)cc2)s1)C1CCS(=O)(=O)C1. The summed E-state index contributed by atoms with van der Waals surface area (Å²) >= 11 is 5.03. The van der Waals surface area contributed by atoms with Gasteiger partial charge in [0.1, 0.15) is 0 Å². The summed E-state index contributed by atoms with van der Waals surface area (Å²) in [5.74, 6) is 0.0664. The molecule has 0 radical (unpaired) electrons.